The first-order valence-corrected chi connectivity index (χ1v) is 8.85. The summed E-state index contributed by atoms with van der Waals surface area (Å²) in [6, 6.07) is 10.5. The molecule has 2 aliphatic carbocycles. The molecule has 4 rings (SSSR count). The molecule has 2 fully saturated rings. The molecule has 0 radical (unpaired) electrons. The van der Waals surface area contributed by atoms with Crippen molar-refractivity contribution in [2.45, 2.75) is 56.4 Å². The van der Waals surface area contributed by atoms with Crippen LogP contribution in [0.2, 0.25) is 0 Å². The van der Waals surface area contributed by atoms with Crippen LogP contribution in [0.5, 0.6) is 0 Å². The minimum absolute atomic E-state index is 0.0104. The molecule has 1 amide bonds. The van der Waals surface area contributed by atoms with E-state index < -0.39 is 0 Å². The van der Waals surface area contributed by atoms with Gasteiger partial charge in [0.05, 0.1) is 0 Å². The third-order valence-electron chi connectivity index (χ3n) is 5.44. The summed E-state index contributed by atoms with van der Waals surface area (Å²) in [5, 5.41) is 15.0. The molecule has 1 N–H and O–H groups in total. The summed E-state index contributed by atoms with van der Waals surface area (Å²) in [6.45, 7) is 0.903. The molecule has 1 heterocycles. The molecular weight excluding hydrogens is 302 g/mol. The van der Waals surface area contributed by atoms with Gasteiger partial charge in [-0.1, -0.05) is 43.2 Å². The van der Waals surface area contributed by atoms with Crippen molar-refractivity contribution in [3.63, 3.8) is 0 Å². The van der Waals surface area contributed by atoms with Gasteiger partial charge in [0, 0.05) is 17.9 Å². The van der Waals surface area contributed by atoms with Gasteiger partial charge in [-0.3, -0.25) is 4.79 Å². The van der Waals surface area contributed by atoms with Crippen LogP contribution in [-0.2, 0) is 16.8 Å². The summed E-state index contributed by atoms with van der Waals surface area (Å²) in [7, 11) is 0. The van der Waals surface area contributed by atoms with Crippen molar-refractivity contribution < 1.29 is 4.79 Å². The molecule has 0 aliphatic heterocycles. The summed E-state index contributed by atoms with van der Waals surface area (Å²) in [5.74, 6) is 1.27. The number of carbonyl (C=O) groups is 1. The highest BCUT2D eigenvalue weighted by Crippen LogP contribution is 2.47. The van der Waals surface area contributed by atoms with Gasteiger partial charge >= 0.3 is 0 Å². The van der Waals surface area contributed by atoms with Crippen molar-refractivity contribution in [2.75, 3.05) is 6.54 Å². The maximum atomic E-state index is 12.4. The van der Waals surface area contributed by atoms with Crippen molar-refractivity contribution in [1.29, 1.82) is 0 Å². The zero-order chi connectivity index (χ0) is 16.4. The lowest BCUT2D eigenvalue weighted by atomic mass is 9.96. The third-order valence-corrected chi connectivity index (χ3v) is 5.44. The first-order chi connectivity index (χ1) is 11.8. The van der Waals surface area contributed by atoms with Gasteiger partial charge < -0.3 is 5.32 Å². The van der Waals surface area contributed by atoms with E-state index in [0.29, 0.717) is 12.5 Å². The molecule has 6 heteroatoms. The Balaban J connectivity index is 1.35. The first-order valence-electron chi connectivity index (χ1n) is 8.85. The number of nitrogens with zero attached hydrogens (tertiary/aromatic N) is 4. The monoisotopic (exact) mass is 325 g/mol. The Morgan fingerprint density at radius 2 is 1.96 bits per heavy atom. The fourth-order valence-corrected chi connectivity index (χ4v) is 3.77. The number of aromatic nitrogens is 4. The summed E-state index contributed by atoms with van der Waals surface area (Å²) in [6.07, 6.45) is 6.97. The van der Waals surface area contributed by atoms with Crippen LogP contribution in [0.25, 0.3) is 0 Å². The second-order valence-corrected chi connectivity index (χ2v) is 7.10. The van der Waals surface area contributed by atoms with Crippen molar-refractivity contribution in [3.8, 4) is 0 Å². The summed E-state index contributed by atoms with van der Waals surface area (Å²) in [5.41, 5.74) is 1.45. The number of nitrogens with one attached hydrogen (secondary N) is 1. The van der Waals surface area contributed by atoms with Gasteiger partial charge in [0.2, 0.25) is 5.91 Å². The number of hydrogen-bond donors (Lipinski definition) is 1. The van der Waals surface area contributed by atoms with E-state index in [2.05, 4.69) is 45.1 Å². The average molecular weight is 325 g/mol. The van der Waals surface area contributed by atoms with Crippen LogP contribution in [0.1, 0.15) is 55.8 Å². The Bertz CT molecular complexity index is 701. The normalized spacial score (nSPS) is 19.3. The van der Waals surface area contributed by atoms with E-state index in [1.807, 2.05) is 6.07 Å². The molecule has 1 aromatic heterocycles. The third kappa shape index (κ3) is 3.05. The standard InChI is InChI=1S/C18H23N5O/c24-16(12-23-17(20-21-22-23)14-6-4-5-7-14)19-13-18(10-11-18)15-8-2-1-3-9-15/h1-3,8-9,14H,4-7,10-13H2,(H,19,24). The minimum Gasteiger partial charge on any atom is -0.354 e. The van der Waals surface area contributed by atoms with Crippen LogP contribution >= 0.6 is 0 Å². The van der Waals surface area contributed by atoms with Crippen LogP contribution in [-0.4, -0.2) is 32.7 Å². The molecule has 24 heavy (non-hydrogen) atoms. The molecular formula is C18H23N5O. The van der Waals surface area contributed by atoms with Crippen LogP contribution in [0.4, 0.5) is 0 Å². The average Bonchev–Trinajstić information content (AvgIpc) is 2.98. The largest absolute Gasteiger partial charge is 0.354 e. The lowest BCUT2D eigenvalue weighted by Crippen LogP contribution is -2.35. The first kappa shape index (κ1) is 15.3. The second-order valence-electron chi connectivity index (χ2n) is 7.10. The Kier molecular flexibility index (Phi) is 4.04. The predicted octanol–water partition coefficient (Wildman–Crippen LogP) is 2.18. The topological polar surface area (TPSA) is 72.7 Å². The van der Waals surface area contributed by atoms with Gasteiger partial charge in [0.25, 0.3) is 0 Å². The molecule has 2 aromatic rings. The minimum atomic E-state index is -0.0104. The number of tetrazole rings is 1. The van der Waals surface area contributed by atoms with Crippen molar-refractivity contribution >= 4 is 5.91 Å². The molecule has 0 unspecified atom stereocenters. The van der Waals surface area contributed by atoms with Gasteiger partial charge in [0.15, 0.2) is 5.82 Å². The quantitative estimate of drug-likeness (QED) is 0.883. The lowest BCUT2D eigenvalue weighted by molar-refractivity contribution is -0.122. The van der Waals surface area contributed by atoms with Crippen molar-refractivity contribution in [2.24, 2.45) is 0 Å². The lowest BCUT2D eigenvalue weighted by Gasteiger charge is -2.17. The van der Waals surface area contributed by atoms with Crippen LogP contribution in [0.3, 0.4) is 0 Å². The Labute approximate surface area is 141 Å². The number of carbonyl (C=O) groups excluding carboxylic acids is 1. The highest BCUT2D eigenvalue weighted by Gasteiger charge is 2.44. The van der Waals surface area contributed by atoms with Gasteiger partial charge in [-0.2, -0.15) is 0 Å². The summed E-state index contributed by atoms with van der Waals surface area (Å²) >= 11 is 0. The zero-order valence-electron chi connectivity index (χ0n) is 13.8. The van der Waals surface area contributed by atoms with E-state index in [-0.39, 0.29) is 17.9 Å². The fourth-order valence-electron chi connectivity index (χ4n) is 3.77. The number of hydrogen-bond acceptors (Lipinski definition) is 4. The van der Waals surface area contributed by atoms with Crippen molar-refractivity contribution in [1.82, 2.24) is 25.5 Å². The summed E-state index contributed by atoms with van der Waals surface area (Å²) < 4.78 is 1.67. The molecule has 1 aromatic carbocycles. The van der Waals surface area contributed by atoms with Gasteiger partial charge in [-0.15, -0.1) is 5.10 Å². The van der Waals surface area contributed by atoms with Crippen LogP contribution in [0, 0.1) is 0 Å². The van der Waals surface area contributed by atoms with Crippen LogP contribution < -0.4 is 5.32 Å². The molecule has 0 spiro atoms. The molecule has 2 saturated carbocycles. The van der Waals surface area contributed by atoms with E-state index >= 15 is 0 Å². The van der Waals surface area contributed by atoms with E-state index in [0.717, 1.165) is 31.5 Å². The molecule has 0 bridgehead atoms. The van der Waals surface area contributed by atoms with Crippen LogP contribution in [0.15, 0.2) is 30.3 Å². The van der Waals surface area contributed by atoms with Gasteiger partial charge in [-0.05, 0) is 41.7 Å². The molecule has 126 valence electrons. The Hall–Kier alpha value is -2.24. The number of rotatable bonds is 6. The molecule has 0 atom stereocenters. The second kappa shape index (κ2) is 6.34. The molecule has 6 nitrogen and oxygen atoms in total. The molecule has 2 aliphatic rings. The van der Waals surface area contributed by atoms with Crippen molar-refractivity contribution in [3.05, 3.63) is 41.7 Å². The zero-order valence-corrected chi connectivity index (χ0v) is 13.8. The molecule has 0 saturated heterocycles. The maximum absolute atomic E-state index is 12.4. The smallest absolute Gasteiger partial charge is 0.241 e. The summed E-state index contributed by atoms with van der Waals surface area (Å²) in [4.78, 5) is 12.4. The Morgan fingerprint density at radius 3 is 2.67 bits per heavy atom. The fraction of sp³-hybridized carbons (Fsp3) is 0.556. The number of amides is 1. The van der Waals surface area contributed by atoms with E-state index in [9.17, 15) is 4.79 Å². The van der Waals surface area contributed by atoms with Gasteiger partial charge in [0.1, 0.15) is 6.54 Å². The SMILES string of the molecule is O=C(Cn1nnnc1C1CCCC1)NCC1(c2ccccc2)CC1. The highest BCUT2D eigenvalue weighted by atomic mass is 16.2. The number of benzene rings is 1. The van der Waals surface area contributed by atoms with E-state index in [1.54, 1.807) is 4.68 Å². The Morgan fingerprint density at radius 1 is 1.21 bits per heavy atom. The highest BCUT2D eigenvalue weighted by molar-refractivity contribution is 5.75. The van der Waals surface area contributed by atoms with E-state index in [1.165, 1.54) is 18.4 Å². The predicted molar refractivity (Wildman–Crippen MR) is 89.4 cm³/mol. The van der Waals surface area contributed by atoms with E-state index in [4.69, 9.17) is 0 Å². The maximum Gasteiger partial charge on any atom is 0.241 e. The van der Waals surface area contributed by atoms with Gasteiger partial charge in [-0.25, -0.2) is 4.68 Å².